The monoisotopic (exact) mass is 395 g/mol. The molecule has 1 saturated carbocycles. The Balaban J connectivity index is 1.48. The van der Waals surface area contributed by atoms with Crippen LogP contribution in [-0.4, -0.2) is 32.3 Å². The molecule has 5 nitrogen and oxygen atoms in total. The molecule has 1 saturated heterocycles. The van der Waals surface area contributed by atoms with Crippen molar-refractivity contribution in [3.63, 3.8) is 0 Å². The first-order valence-corrected chi connectivity index (χ1v) is 10.5. The van der Waals surface area contributed by atoms with Crippen molar-refractivity contribution in [2.24, 2.45) is 0 Å². The van der Waals surface area contributed by atoms with Gasteiger partial charge in [0.2, 0.25) is 5.91 Å². The molecular weight excluding hydrogens is 366 g/mol. The van der Waals surface area contributed by atoms with Crippen LogP contribution in [0.5, 0.6) is 11.5 Å². The molecule has 0 aromatic heterocycles. The second-order valence-corrected chi connectivity index (χ2v) is 7.93. The molecule has 1 heterocycles. The summed E-state index contributed by atoms with van der Waals surface area (Å²) < 4.78 is 16.8. The average molecular weight is 395 g/mol. The number of carbonyl (C=O) groups excluding carboxylic acids is 1. The predicted molar refractivity (Wildman–Crippen MR) is 113 cm³/mol. The van der Waals surface area contributed by atoms with Crippen LogP contribution in [0.25, 0.3) is 0 Å². The Morgan fingerprint density at radius 3 is 2.21 bits per heavy atom. The number of hydrogen-bond acceptors (Lipinski definition) is 4. The number of rotatable bonds is 6. The van der Waals surface area contributed by atoms with Gasteiger partial charge in [0, 0.05) is 18.9 Å². The van der Waals surface area contributed by atoms with Gasteiger partial charge in [0.15, 0.2) is 0 Å². The van der Waals surface area contributed by atoms with Crippen molar-refractivity contribution in [3.05, 3.63) is 54.1 Å². The molecule has 1 aliphatic carbocycles. The summed E-state index contributed by atoms with van der Waals surface area (Å²) in [6.07, 6.45) is 6.40. The van der Waals surface area contributed by atoms with E-state index < -0.39 is 5.41 Å². The van der Waals surface area contributed by atoms with E-state index in [9.17, 15) is 4.79 Å². The third kappa shape index (κ3) is 4.40. The van der Waals surface area contributed by atoms with E-state index >= 15 is 0 Å². The summed E-state index contributed by atoms with van der Waals surface area (Å²) in [6.45, 7) is 1.15. The zero-order valence-corrected chi connectivity index (χ0v) is 17.0. The normalized spacial score (nSPS) is 18.9. The Labute approximate surface area is 172 Å². The molecule has 154 valence electrons. The lowest BCUT2D eigenvalue weighted by Crippen LogP contribution is -2.44. The van der Waals surface area contributed by atoms with Gasteiger partial charge in [-0.2, -0.15) is 0 Å². The van der Waals surface area contributed by atoms with Crippen LogP contribution in [0.1, 0.15) is 44.1 Å². The van der Waals surface area contributed by atoms with Crippen LogP contribution in [0.3, 0.4) is 0 Å². The smallest absolute Gasteiger partial charge is 0.235 e. The molecule has 0 atom stereocenters. The minimum absolute atomic E-state index is 0.00966. The molecule has 1 N–H and O–H groups in total. The van der Waals surface area contributed by atoms with E-state index in [2.05, 4.69) is 5.32 Å². The van der Waals surface area contributed by atoms with Crippen LogP contribution in [0.4, 0.5) is 5.69 Å². The highest BCUT2D eigenvalue weighted by Gasteiger charge is 2.41. The number of hydrogen-bond donors (Lipinski definition) is 1. The molecule has 5 heteroatoms. The number of nitrogens with one attached hydrogen (secondary N) is 1. The summed E-state index contributed by atoms with van der Waals surface area (Å²) >= 11 is 0. The van der Waals surface area contributed by atoms with Crippen molar-refractivity contribution >= 4 is 11.6 Å². The van der Waals surface area contributed by atoms with Gasteiger partial charge in [-0.15, -0.1) is 0 Å². The van der Waals surface area contributed by atoms with Gasteiger partial charge in [-0.05, 0) is 80.5 Å². The van der Waals surface area contributed by atoms with Crippen molar-refractivity contribution in [2.45, 2.75) is 50.0 Å². The molecule has 0 bridgehead atoms. The molecule has 4 rings (SSSR count). The second kappa shape index (κ2) is 8.87. The van der Waals surface area contributed by atoms with E-state index in [0.29, 0.717) is 32.2 Å². The molecule has 2 aliphatic rings. The maximum atomic E-state index is 13.4. The molecule has 2 aromatic rings. The summed E-state index contributed by atoms with van der Waals surface area (Å²) in [5.41, 5.74) is 1.19. The van der Waals surface area contributed by atoms with Crippen molar-refractivity contribution in [3.8, 4) is 11.5 Å². The van der Waals surface area contributed by atoms with Crippen LogP contribution in [0, 0.1) is 0 Å². The summed E-state index contributed by atoms with van der Waals surface area (Å²) in [5.74, 6) is 1.66. The van der Waals surface area contributed by atoms with E-state index in [-0.39, 0.29) is 5.91 Å². The molecule has 29 heavy (non-hydrogen) atoms. The van der Waals surface area contributed by atoms with Crippen LogP contribution in [0.2, 0.25) is 0 Å². The van der Waals surface area contributed by atoms with Crippen molar-refractivity contribution in [2.75, 3.05) is 25.6 Å². The Morgan fingerprint density at radius 1 is 0.966 bits per heavy atom. The fourth-order valence-corrected chi connectivity index (χ4v) is 4.34. The maximum absolute atomic E-state index is 13.4. The highest BCUT2D eigenvalue weighted by molar-refractivity contribution is 5.99. The van der Waals surface area contributed by atoms with Gasteiger partial charge >= 0.3 is 0 Å². The lowest BCUT2D eigenvalue weighted by molar-refractivity contribution is -0.125. The summed E-state index contributed by atoms with van der Waals surface area (Å²) in [7, 11) is 1.64. The van der Waals surface area contributed by atoms with Gasteiger partial charge in [-0.3, -0.25) is 4.79 Å². The summed E-state index contributed by atoms with van der Waals surface area (Å²) in [4.78, 5) is 13.4. The van der Waals surface area contributed by atoms with Crippen LogP contribution >= 0.6 is 0 Å². The molecule has 2 fully saturated rings. The Morgan fingerprint density at radius 2 is 1.59 bits per heavy atom. The van der Waals surface area contributed by atoms with E-state index in [1.54, 1.807) is 7.11 Å². The number of benzene rings is 2. The largest absolute Gasteiger partial charge is 0.497 e. The van der Waals surface area contributed by atoms with E-state index in [1.165, 1.54) is 12.8 Å². The first-order valence-electron chi connectivity index (χ1n) is 10.5. The minimum Gasteiger partial charge on any atom is -0.497 e. The topological polar surface area (TPSA) is 56.8 Å². The van der Waals surface area contributed by atoms with Gasteiger partial charge in [-0.1, -0.05) is 12.1 Å². The van der Waals surface area contributed by atoms with Crippen LogP contribution in [-0.2, 0) is 14.9 Å². The summed E-state index contributed by atoms with van der Waals surface area (Å²) in [5, 5.41) is 3.12. The van der Waals surface area contributed by atoms with Crippen LogP contribution < -0.4 is 14.8 Å². The quantitative estimate of drug-likeness (QED) is 0.770. The molecule has 1 amide bonds. The Kier molecular flexibility index (Phi) is 6.05. The maximum Gasteiger partial charge on any atom is 0.235 e. The third-order valence-corrected chi connectivity index (χ3v) is 6.14. The van der Waals surface area contributed by atoms with Gasteiger partial charge in [0.25, 0.3) is 0 Å². The second-order valence-electron chi connectivity index (χ2n) is 7.93. The van der Waals surface area contributed by atoms with E-state index in [0.717, 1.165) is 35.6 Å². The molecular formula is C24H29NO4. The predicted octanol–water partition coefficient (Wildman–Crippen LogP) is 4.70. The molecule has 1 aliphatic heterocycles. The number of amides is 1. The van der Waals surface area contributed by atoms with E-state index in [1.807, 2.05) is 48.5 Å². The number of methoxy groups -OCH3 is 1. The van der Waals surface area contributed by atoms with Gasteiger partial charge in [-0.25, -0.2) is 0 Å². The first kappa shape index (κ1) is 19.8. The lowest BCUT2D eigenvalue weighted by Gasteiger charge is -2.36. The van der Waals surface area contributed by atoms with Gasteiger partial charge in [0.05, 0.1) is 18.6 Å². The van der Waals surface area contributed by atoms with Crippen molar-refractivity contribution in [1.29, 1.82) is 0 Å². The lowest BCUT2D eigenvalue weighted by atomic mass is 9.73. The van der Waals surface area contributed by atoms with E-state index in [4.69, 9.17) is 14.2 Å². The summed E-state index contributed by atoms with van der Waals surface area (Å²) in [6, 6.07) is 15.5. The molecule has 2 aromatic carbocycles. The molecule has 0 spiro atoms. The fraction of sp³-hybridized carbons (Fsp3) is 0.458. The number of carbonyl (C=O) groups is 1. The van der Waals surface area contributed by atoms with Crippen molar-refractivity contribution in [1.82, 2.24) is 0 Å². The van der Waals surface area contributed by atoms with Gasteiger partial charge in [0.1, 0.15) is 11.5 Å². The van der Waals surface area contributed by atoms with Gasteiger partial charge < -0.3 is 19.5 Å². The van der Waals surface area contributed by atoms with Crippen molar-refractivity contribution < 1.29 is 19.0 Å². The third-order valence-electron chi connectivity index (χ3n) is 6.14. The zero-order chi connectivity index (χ0) is 20.1. The minimum atomic E-state index is -0.594. The molecule has 0 radical (unpaired) electrons. The zero-order valence-electron chi connectivity index (χ0n) is 17.0. The number of anilines is 1. The average Bonchev–Trinajstić information content (AvgIpc) is 3.29. The number of ether oxygens (including phenoxy) is 3. The Bertz CT molecular complexity index is 804. The standard InChI is InChI=1S/C24H29NO4/c1-27-20-10-6-18(7-11-20)24(14-16-28-17-15-24)23(26)25-19-8-12-22(13-9-19)29-21-4-2-3-5-21/h6-13,21H,2-5,14-17H2,1H3,(H,25,26). The highest BCUT2D eigenvalue weighted by atomic mass is 16.5. The van der Waals surface area contributed by atoms with Crippen LogP contribution in [0.15, 0.2) is 48.5 Å². The molecule has 0 unspecified atom stereocenters. The first-order chi connectivity index (χ1) is 14.2. The fourth-order valence-electron chi connectivity index (χ4n) is 4.34. The Hall–Kier alpha value is -2.53. The SMILES string of the molecule is COc1ccc(C2(C(=O)Nc3ccc(OC4CCCC4)cc3)CCOCC2)cc1. The highest BCUT2D eigenvalue weighted by Crippen LogP contribution is 2.37.